The van der Waals surface area contributed by atoms with Gasteiger partial charge in [-0.1, -0.05) is 30.3 Å². The van der Waals surface area contributed by atoms with Gasteiger partial charge in [-0.3, -0.25) is 0 Å². The lowest BCUT2D eigenvalue weighted by Crippen LogP contribution is -2.35. The van der Waals surface area contributed by atoms with Crippen LogP contribution in [-0.4, -0.2) is 12.6 Å². The summed E-state index contributed by atoms with van der Waals surface area (Å²) in [4.78, 5) is 11.5. The highest BCUT2D eigenvalue weighted by atomic mass is 16.5. The van der Waals surface area contributed by atoms with Gasteiger partial charge in [0.15, 0.2) is 5.75 Å². The van der Waals surface area contributed by atoms with E-state index in [0.717, 1.165) is 5.56 Å². The van der Waals surface area contributed by atoms with Crippen LogP contribution in [0.2, 0.25) is 0 Å². The lowest BCUT2D eigenvalue weighted by atomic mass is 10.2. The summed E-state index contributed by atoms with van der Waals surface area (Å²) in [7, 11) is 0. The standard InChI is InChI=1S/C15H15NO4/c1-2-19-15(17)14-9-8-13(10-16(14)18)20-11-12-6-4-3-5-7-12/h3-10H,2,11H2,1H3. The highest BCUT2D eigenvalue weighted by molar-refractivity contribution is 5.85. The third-order valence-corrected chi connectivity index (χ3v) is 2.62. The summed E-state index contributed by atoms with van der Waals surface area (Å²) in [5.74, 6) is -0.242. The molecule has 104 valence electrons. The number of esters is 1. The number of pyridine rings is 1. The van der Waals surface area contributed by atoms with E-state index >= 15 is 0 Å². The first-order valence-electron chi connectivity index (χ1n) is 6.27. The molecule has 0 spiro atoms. The Balaban J connectivity index is 2.04. The van der Waals surface area contributed by atoms with E-state index in [4.69, 9.17) is 9.47 Å². The summed E-state index contributed by atoms with van der Waals surface area (Å²) in [5.41, 5.74) is 0.943. The maximum atomic E-state index is 11.7. The third kappa shape index (κ3) is 3.47. The van der Waals surface area contributed by atoms with Crippen molar-refractivity contribution < 1.29 is 19.0 Å². The third-order valence-electron chi connectivity index (χ3n) is 2.62. The van der Waals surface area contributed by atoms with Gasteiger partial charge in [0, 0.05) is 6.07 Å². The van der Waals surface area contributed by atoms with Crippen LogP contribution in [0.5, 0.6) is 5.75 Å². The Morgan fingerprint density at radius 2 is 1.95 bits per heavy atom. The average molecular weight is 273 g/mol. The summed E-state index contributed by atoms with van der Waals surface area (Å²) < 4.78 is 10.7. The van der Waals surface area contributed by atoms with E-state index in [1.54, 1.807) is 13.0 Å². The van der Waals surface area contributed by atoms with E-state index in [9.17, 15) is 10.0 Å². The molecule has 0 saturated heterocycles. The topological polar surface area (TPSA) is 62.5 Å². The van der Waals surface area contributed by atoms with Crippen LogP contribution in [0, 0.1) is 5.21 Å². The summed E-state index contributed by atoms with van der Waals surface area (Å²) in [6.07, 6.45) is 1.22. The van der Waals surface area contributed by atoms with Gasteiger partial charge in [0.2, 0.25) is 6.20 Å². The van der Waals surface area contributed by atoms with Gasteiger partial charge in [-0.2, -0.15) is 4.73 Å². The SMILES string of the molecule is CCOC(=O)c1ccc(OCc2ccccc2)c[n+]1[O-]. The maximum Gasteiger partial charge on any atom is 0.405 e. The molecule has 0 saturated carbocycles. The molecule has 0 N–H and O–H groups in total. The quantitative estimate of drug-likeness (QED) is 0.475. The van der Waals surface area contributed by atoms with Crippen LogP contribution < -0.4 is 9.47 Å². The van der Waals surface area contributed by atoms with Crippen molar-refractivity contribution in [3.05, 3.63) is 65.1 Å². The fourth-order valence-corrected chi connectivity index (χ4v) is 1.65. The average Bonchev–Trinajstić information content (AvgIpc) is 2.46. The van der Waals surface area contributed by atoms with Crippen LogP contribution in [0.4, 0.5) is 0 Å². The Bertz CT molecular complexity index is 584. The lowest BCUT2D eigenvalue weighted by molar-refractivity contribution is -0.608. The molecule has 0 atom stereocenters. The lowest BCUT2D eigenvalue weighted by Gasteiger charge is -2.08. The largest absolute Gasteiger partial charge is 0.618 e. The van der Waals surface area contributed by atoms with E-state index in [0.29, 0.717) is 17.1 Å². The van der Waals surface area contributed by atoms with Gasteiger partial charge in [-0.05, 0) is 18.6 Å². The van der Waals surface area contributed by atoms with Crippen molar-refractivity contribution in [3.63, 3.8) is 0 Å². The van der Waals surface area contributed by atoms with Crippen molar-refractivity contribution in [3.8, 4) is 5.75 Å². The summed E-state index contributed by atoms with van der Waals surface area (Å²) in [6, 6.07) is 12.6. The molecule has 0 aliphatic carbocycles. The molecular formula is C15H15NO4. The molecule has 5 heteroatoms. The summed E-state index contributed by atoms with van der Waals surface area (Å²) in [6.45, 7) is 2.27. The van der Waals surface area contributed by atoms with Crippen LogP contribution in [0.3, 0.4) is 0 Å². The second-order valence-electron chi connectivity index (χ2n) is 4.07. The normalized spacial score (nSPS) is 10.1. The molecule has 0 radical (unpaired) electrons. The van der Waals surface area contributed by atoms with E-state index in [2.05, 4.69) is 0 Å². The molecule has 5 nitrogen and oxygen atoms in total. The minimum absolute atomic E-state index is 0.0566. The Morgan fingerprint density at radius 1 is 1.20 bits per heavy atom. The molecule has 0 bridgehead atoms. The molecule has 1 aromatic heterocycles. The summed E-state index contributed by atoms with van der Waals surface area (Å²) in [5, 5.41) is 11.7. The fraction of sp³-hybridized carbons (Fsp3) is 0.200. The number of nitrogens with zero attached hydrogens (tertiary/aromatic N) is 1. The van der Waals surface area contributed by atoms with Gasteiger partial charge in [0.25, 0.3) is 0 Å². The van der Waals surface area contributed by atoms with Crippen molar-refractivity contribution in [2.24, 2.45) is 0 Å². The van der Waals surface area contributed by atoms with E-state index in [1.165, 1.54) is 12.3 Å². The van der Waals surface area contributed by atoms with Crippen molar-refractivity contribution >= 4 is 5.97 Å². The monoisotopic (exact) mass is 273 g/mol. The number of hydrogen-bond acceptors (Lipinski definition) is 4. The Morgan fingerprint density at radius 3 is 2.60 bits per heavy atom. The van der Waals surface area contributed by atoms with E-state index < -0.39 is 5.97 Å². The smallest absolute Gasteiger partial charge is 0.405 e. The number of aromatic nitrogens is 1. The van der Waals surface area contributed by atoms with Crippen LogP contribution in [-0.2, 0) is 11.3 Å². The van der Waals surface area contributed by atoms with Crippen molar-refractivity contribution in [2.75, 3.05) is 6.61 Å². The maximum absolute atomic E-state index is 11.7. The second-order valence-corrected chi connectivity index (χ2v) is 4.07. The van der Waals surface area contributed by atoms with Crippen LogP contribution in [0.1, 0.15) is 23.0 Å². The molecule has 0 fully saturated rings. The molecule has 20 heavy (non-hydrogen) atoms. The molecule has 1 heterocycles. The molecule has 0 aliphatic rings. The van der Waals surface area contributed by atoms with Gasteiger partial charge in [0.1, 0.15) is 6.61 Å². The van der Waals surface area contributed by atoms with Crippen LogP contribution in [0.15, 0.2) is 48.7 Å². The first kappa shape index (κ1) is 13.9. The van der Waals surface area contributed by atoms with Crippen molar-refractivity contribution in [1.29, 1.82) is 0 Å². The minimum atomic E-state index is -0.642. The van der Waals surface area contributed by atoms with Crippen LogP contribution >= 0.6 is 0 Å². The minimum Gasteiger partial charge on any atom is -0.618 e. The van der Waals surface area contributed by atoms with Gasteiger partial charge >= 0.3 is 11.7 Å². The van der Waals surface area contributed by atoms with Gasteiger partial charge in [-0.15, -0.1) is 0 Å². The molecule has 0 unspecified atom stereocenters. The predicted octanol–water partition coefficient (Wildman–Crippen LogP) is 2.08. The zero-order valence-corrected chi connectivity index (χ0v) is 11.1. The first-order chi connectivity index (χ1) is 9.70. The van der Waals surface area contributed by atoms with Gasteiger partial charge < -0.3 is 14.7 Å². The fourth-order valence-electron chi connectivity index (χ4n) is 1.65. The number of carbonyl (C=O) groups excluding carboxylic acids is 1. The second kappa shape index (κ2) is 6.56. The Hall–Kier alpha value is -2.56. The van der Waals surface area contributed by atoms with Gasteiger partial charge in [0.05, 0.1) is 6.61 Å². The number of carbonyl (C=O) groups is 1. The molecule has 2 aromatic rings. The molecular weight excluding hydrogens is 258 g/mol. The number of benzene rings is 1. The van der Waals surface area contributed by atoms with Gasteiger partial charge in [-0.25, -0.2) is 4.79 Å². The number of hydrogen-bond donors (Lipinski definition) is 0. The zero-order chi connectivity index (χ0) is 14.4. The predicted molar refractivity (Wildman–Crippen MR) is 72.1 cm³/mol. The summed E-state index contributed by atoms with van der Waals surface area (Å²) >= 11 is 0. The van der Waals surface area contributed by atoms with Crippen molar-refractivity contribution in [2.45, 2.75) is 13.5 Å². The van der Waals surface area contributed by atoms with Crippen molar-refractivity contribution in [1.82, 2.24) is 0 Å². The number of ether oxygens (including phenoxy) is 2. The highest BCUT2D eigenvalue weighted by Gasteiger charge is 2.17. The molecule has 1 aromatic carbocycles. The Kier molecular flexibility index (Phi) is 4.55. The molecule has 2 rings (SSSR count). The Labute approximate surface area is 117 Å². The van der Waals surface area contributed by atoms with Crippen LogP contribution in [0.25, 0.3) is 0 Å². The van der Waals surface area contributed by atoms with E-state index in [1.807, 2.05) is 30.3 Å². The number of rotatable bonds is 5. The first-order valence-corrected chi connectivity index (χ1v) is 6.27. The highest BCUT2D eigenvalue weighted by Crippen LogP contribution is 2.11. The molecule has 0 amide bonds. The molecule has 0 aliphatic heterocycles. The van der Waals surface area contributed by atoms with E-state index in [-0.39, 0.29) is 12.3 Å². The zero-order valence-electron chi connectivity index (χ0n) is 11.1.